The van der Waals surface area contributed by atoms with Gasteiger partial charge in [-0.3, -0.25) is 9.48 Å². The van der Waals surface area contributed by atoms with Crippen LogP contribution in [0.1, 0.15) is 58.9 Å². The Hall–Kier alpha value is -1.69. The second kappa shape index (κ2) is 5.97. The average molecular weight is 306 g/mol. The third-order valence-electron chi connectivity index (χ3n) is 3.58. The maximum Gasteiger partial charge on any atom is 0.274 e. The topological polar surface area (TPSA) is 51.0 Å². The molecule has 1 amide bonds. The molecule has 0 radical (unpaired) electrons. The zero-order chi connectivity index (χ0) is 15.7. The molecule has 2 aromatic rings. The van der Waals surface area contributed by atoms with E-state index in [1.54, 1.807) is 27.0 Å². The quantitative estimate of drug-likeness (QED) is 0.870. The van der Waals surface area contributed by atoms with Crippen molar-refractivity contribution in [1.82, 2.24) is 19.7 Å². The lowest BCUT2D eigenvalue weighted by atomic mass is 10.2. The number of hydrogen-bond donors (Lipinski definition) is 0. The SMILES string of the molecule is Cc1nc(C)c(C(C)N(C)C(=O)c2ccn(C(C)C)n2)s1. The first-order valence-corrected chi connectivity index (χ1v) is 7.89. The molecule has 2 rings (SSSR count). The molecule has 0 aromatic carbocycles. The lowest BCUT2D eigenvalue weighted by molar-refractivity contribution is 0.0737. The molecule has 0 fully saturated rings. The molecule has 0 saturated carbocycles. The summed E-state index contributed by atoms with van der Waals surface area (Å²) in [6.45, 7) is 10.1. The molecule has 2 aromatic heterocycles. The van der Waals surface area contributed by atoms with Crippen LogP contribution in [0.5, 0.6) is 0 Å². The predicted molar refractivity (Wildman–Crippen MR) is 84.7 cm³/mol. The Bertz CT molecular complexity index is 644. The van der Waals surface area contributed by atoms with E-state index in [9.17, 15) is 4.79 Å². The van der Waals surface area contributed by atoms with Crippen LogP contribution in [0.15, 0.2) is 12.3 Å². The van der Waals surface area contributed by atoms with Crippen LogP contribution < -0.4 is 0 Å². The second-order valence-corrected chi connectivity index (χ2v) is 6.78. The molecular formula is C15H22N4OS. The summed E-state index contributed by atoms with van der Waals surface area (Å²) in [6.07, 6.45) is 1.85. The molecule has 0 aliphatic rings. The summed E-state index contributed by atoms with van der Waals surface area (Å²) in [4.78, 5) is 19.8. The van der Waals surface area contributed by atoms with Gasteiger partial charge in [-0.2, -0.15) is 5.10 Å². The van der Waals surface area contributed by atoms with Crippen molar-refractivity contribution in [2.45, 2.75) is 46.7 Å². The van der Waals surface area contributed by atoms with Crippen molar-refractivity contribution in [1.29, 1.82) is 0 Å². The van der Waals surface area contributed by atoms with Gasteiger partial charge in [-0.15, -0.1) is 11.3 Å². The Morgan fingerprint density at radius 1 is 1.33 bits per heavy atom. The number of rotatable bonds is 4. The first-order valence-electron chi connectivity index (χ1n) is 7.07. The molecule has 0 N–H and O–H groups in total. The Morgan fingerprint density at radius 3 is 2.48 bits per heavy atom. The Labute approximate surface area is 129 Å². The highest BCUT2D eigenvalue weighted by Gasteiger charge is 2.24. The fourth-order valence-corrected chi connectivity index (χ4v) is 3.23. The van der Waals surface area contributed by atoms with Gasteiger partial charge in [-0.25, -0.2) is 4.98 Å². The molecule has 1 unspecified atom stereocenters. The van der Waals surface area contributed by atoms with Gasteiger partial charge in [0.2, 0.25) is 0 Å². The molecule has 21 heavy (non-hydrogen) atoms. The zero-order valence-electron chi connectivity index (χ0n) is 13.4. The highest BCUT2D eigenvalue weighted by atomic mass is 32.1. The van der Waals surface area contributed by atoms with E-state index in [1.165, 1.54) is 0 Å². The standard InChI is InChI=1S/C15H22N4OS/c1-9(2)19-8-7-13(17-19)15(20)18(6)11(4)14-10(3)16-12(5)21-14/h7-9,11H,1-6H3. The number of nitrogens with zero attached hydrogens (tertiary/aromatic N) is 4. The summed E-state index contributed by atoms with van der Waals surface area (Å²) >= 11 is 1.64. The van der Waals surface area contributed by atoms with Gasteiger partial charge in [0.1, 0.15) is 5.69 Å². The molecule has 6 heteroatoms. The van der Waals surface area contributed by atoms with Crippen LogP contribution in [0.25, 0.3) is 0 Å². The van der Waals surface area contributed by atoms with Crippen LogP contribution in [0.4, 0.5) is 0 Å². The van der Waals surface area contributed by atoms with Gasteiger partial charge >= 0.3 is 0 Å². The average Bonchev–Trinajstić information content (AvgIpc) is 3.03. The second-order valence-electron chi connectivity index (χ2n) is 5.55. The van der Waals surface area contributed by atoms with E-state index in [4.69, 9.17) is 0 Å². The van der Waals surface area contributed by atoms with Gasteiger partial charge < -0.3 is 4.90 Å². The van der Waals surface area contributed by atoms with Crippen molar-refractivity contribution in [2.75, 3.05) is 7.05 Å². The van der Waals surface area contributed by atoms with Crippen molar-refractivity contribution >= 4 is 17.2 Å². The highest BCUT2D eigenvalue weighted by molar-refractivity contribution is 7.11. The molecule has 114 valence electrons. The van der Waals surface area contributed by atoms with E-state index in [1.807, 2.05) is 47.9 Å². The van der Waals surface area contributed by atoms with Crippen molar-refractivity contribution in [3.63, 3.8) is 0 Å². The third kappa shape index (κ3) is 3.15. The summed E-state index contributed by atoms with van der Waals surface area (Å²) in [5.41, 5.74) is 1.48. The molecule has 1 atom stereocenters. The van der Waals surface area contributed by atoms with E-state index in [-0.39, 0.29) is 18.0 Å². The molecule has 0 aliphatic carbocycles. The van der Waals surface area contributed by atoms with Crippen LogP contribution in [0.3, 0.4) is 0 Å². The lowest BCUT2D eigenvalue weighted by Crippen LogP contribution is -2.30. The van der Waals surface area contributed by atoms with Crippen molar-refractivity contribution in [2.24, 2.45) is 0 Å². The van der Waals surface area contributed by atoms with Crippen LogP contribution in [0.2, 0.25) is 0 Å². The van der Waals surface area contributed by atoms with Crippen LogP contribution in [-0.2, 0) is 0 Å². The van der Waals surface area contributed by atoms with E-state index in [0.29, 0.717) is 5.69 Å². The maximum atomic E-state index is 12.5. The number of carbonyl (C=O) groups is 1. The van der Waals surface area contributed by atoms with Gasteiger partial charge in [-0.1, -0.05) is 0 Å². The van der Waals surface area contributed by atoms with E-state index < -0.39 is 0 Å². The lowest BCUT2D eigenvalue weighted by Gasteiger charge is -2.23. The van der Waals surface area contributed by atoms with Gasteiger partial charge in [0.15, 0.2) is 0 Å². The van der Waals surface area contributed by atoms with E-state index >= 15 is 0 Å². The largest absolute Gasteiger partial charge is 0.333 e. The number of amides is 1. The first kappa shape index (κ1) is 15.7. The zero-order valence-corrected chi connectivity index (χ0v) is 14.2. The third-order valence-corrected chi connectivity index (χ3v) is 4.82. The molecular weight excluding hydrogens is 284 g/mol. The van der Waals surface area contributed by atoms with Crippen molar-refractivity contribution < 1.29 is 4.79 Å². The van der Waals surface area contributed by atoms with E-state index in [2.05, 4.69) is 10.1 Å². The molecule has 0 spiro atoms. The number of aryl methyl sites for hydroxylation is 2. The fraction of sp³-hybridized carbons (Fsp3) is 0.533. The van der Waals surface area contributed by atoms with Crippen LogP contribution in [0, 0.1) is 13.8 Å². The Kier molecular flexibility index (Phi) is 4.46. The Balaban J connectivity index is 2.20. The van der Waals surface area contributed by atoms with Crippen molar-refractivity contribution in [3.05, 3.63) is 33.5 Å². The van der Waals surface area contributed by atoms with Crippen LogP contribution >= 0.6 is 11.3 Å². The normalized spacial score (nSPS) is 12.7. The summed E-state index contributed by atoms with van der Waals surface area (Å²) in [7, 11) is 1.82. The molecule has 0 saturated heterocycles. The van der Waals surface area contributed by atoms with E-state index in [0.717, 1.165) is 15.6 Å². The van der Waals surface area contributed by atoms with Crippen molar-refractivity contribution in [3.8, 4) is 0 Å². The Morgan fingerprint density at radius 2 is 2.00 bits per heavy atom. The fourth-order valence-electron chi connectivity index (χ4n) is 2.21. The molecule has 2 heterocycles. The summed E-state index contributed by atoms with van der Waals surface area (Å²) in [5, 5.41) is 5.37. The van der Waals surface area contributed by atoms with Gasteiger partial charge in [0.05, 0.1) is 16.7 Å². The summed E-state index contributed by atoms with van der Waals surface area (Å²) in [6, 6.07) is 2.02. The molecule has 0 bridgehead atoms. The minimum atomic E-state index is -0.0626. The van der Waals surface area contributed by atoms with Gasteiger partial charge in [-0.05, 0) is 40.7 Å². The minimum absolute atomic E-state index is 0.00657. The predicted octanol–water partition coefficient (Wildman–Crippen LogP) is 3.37. The summed E-state index contributed by atoms with van der Waals surface area (Å²) in [5.74, 6) is -0.0626. The first-order chi connectivity index (χ1) is 9.81. The van der Waals surface area contributed by atoms with Crippen LogP contribution in [-0.4, -0.2) is 32.6 Å². The number of aromatic nitrogens is 3. The smallest absolute Gasteiger partial charge is 0.274 e. The minimum Gasteiger partial charge on any atom is -0.333 e. The number of carbonyl (C=O) groups excluding carboxylic acids is 1. The molecule has 5 nitrogen and oxygen atoms in total. The van der Waals surface area contributed by atoms with Gasteiger partial charge in [0.25, 0.3) is 5.91 Å². The summed E-state index contributed by atoms with van der Waals surface area (Å²) < 4.78 is 1.80. The van der Waals surface area contributed by atoms with Gasteiger partial charge in [0, 0.05) is 24.2 Å². The number of thiazole rings is 1. The molecule has 0 aliphatic heterocycles. The highest BCUT2D eigenvalue weighted by Crippen LogP contribution is 2.28. The number of hydrogen-bond acceptors (Lipinski definition) is 4. The monoisotopic (exact) mass is 306 g/mol. The maximum absolute atomic E-state index is 12.5.